The van der Waals surface area contributed by atoms with Crippen molar-refractivity contribution in [1.82, 2.24) is 0 Å². The Labute approximate surface area is 183 Å². The van der Waals surface area contributed by atoms with Gasteiger partial charge >= 0.3 is 189 Å². The van der Waals surface area contributed by atoms with E-state index in [2.05, 4.69) is 0 Å². The van der Waals surface area contributed by atoms with Crippen LogP contribution in [0.1, 0.15) is 0 Å². The molecule has 0 fully saturated rings. The van der Waals surface area contributed by atoms with Gasteiger partial charge in [0.25, 0.3) is 0 Å². The summed E-state index contributed by atoms with van der Waals surface area (Å²) in [5.74, 6) is 0. The fourth-order valence-corrected chi connectivity index (χ4v) is 0. The van der Waals surface area contributed by atoms with Gasteiger partial charge in [-0.2, -0.15) is 0 Å². The number of halogens is 6. The molecule has 0 atom stereocenters. The summed E-state index contributed by atoms with van der Waals surface area (Å²) < 4.78 is 59.4. The minimum absolute atomic E-state index is 0. The van der Waals surface area contributed by atoms with Crippen LogP contribution < -0.4 is 154 Å². The van der Waals surface area contributed by atoms with E-state index in [9.17, 15) is 21.1 Å². The van der Waals surface area contributed by atoms with Crippen LogP contribution in [0.15, 0.2) is 0 Å². The molecule has 0 aromatic carbocycles. The molecule has 0 N–H and O–H groups in total. The van der Waals surface area contributed by atoms with Crippen molar-refractivity contribution in [3.05, 3.63) is 0 Å². The normalized spacial score (nSPS) is 16.2. The Hall–Kier alpha value is 5.02. The maximum atomic E-state index is 9.90. The zero-order valence-electron chi connectivity index (χ0n) is 5.85. The minimum atomic E-state index is -11.0. The molecule has 0 saturated carbocycles. The third kappa shape index (κ3) is 74.6. The molecule has 0 aliphatic heterocycles. The third-order valence-electron chi connectivity index (χ3n) is 0. The van der Waals surface area contributed by atoms with Gasteiger partial charge < -0.3 is 0 Å². The summed E-state index contributed by atoms with van der Waals surface area (Å²) >= 11 is -11.0. The molecule has 0 heterocycles. The second-order valence-corrected chi connectivity index (χ2v) is 3.71. The maximum Gasteiger partial charge on any atom is 1.00 e. The zero-order valence-corrected chi connectivity index (χ0v) is 16.4. The number of rotatable bonds is 0. The van der Waals surface area contributed by atoms with Gasteiger partial charge in [0.1, 0.15) is 0 Å². The Morgan fingerprint density at radius 2 is 0.500 bits per heavy atom. The van der Waals surface area contributed by atoms with E-state index in [1.54, 1.807) is 0 Å². The van der Waals surface area contributed by atoms with Crippen molar-refractivity contribution in [2.45, 2.75) is 0 Å². The van der Waals surface area contributed by atoms with Crippen molar-refractivity contribution in [3.63, 3.8) is 0 Å². The van der Waals surface area contributed by atoms with Gasteiger partial charge in [-0.1, -0.05) is 0 Å². The molecule has 10 heavy (non-hydrogen) atoms. The maximum absolute atomic E-state index is 11.0. The summed E-state index contributed by atoms with van der Waals surface area (Å²) in [6.45, 7) is 0. The molecule has 48 valence electrons. The Balaban J connectivity index is -0.0000000600. The van der Waals surface area contributed by atoms with Crippen molar-refractivity contribution < 1.29 is 175 Å². The van der Waals surface area contributed by atoms with Crippen molar-refractivity contribution in [2.75, 3.05) is 0 Å². The number of hydrogen-bond acceptors (Lipinski definition) is 0. The van der Waals surface area contributed by atoms with Crippen LogP contribution >= 0.6 is 0 Å². The molecule has 0 nitrogen and oxygen atoms in total. The standard InChI is InChI=1S/Al.6FH.3K/h;6*1H;;;/q+3;;;;;;;3*+1/p-6. The van der Waals surface area contributed by atoms with Gasteiger partial charge in [0.2, 0.25) is 0 Å². The molecular weight excluding hydrogens is 258 g/mol. The van der Waals surface area contributed by atoms with Crippen LogP contribution in [0.3, 0.4) is 0 Å². The summed E-state index contributed by atoms with van der Waals surface area (Å²) in [4.78, 5) is 0. The predicted molar refractivity (Wildman–Crippen MR) is 12.4 cm³/mol. The third-order valence-corrected chi connectivity index (χ3v) is 0. The van der Waals surface area contributed by atoms with E-state index in [0.29, 0.717) is 0 Å². The topological polar surface area (TPSA) is 0 Å². The smallest absolute Gasteiger partial charge is 1.00 e. The van der Waals surface area contributed by atoms with Crippen LogP contribution in [-0.2, 0) is 0 Å². The largest absolute Gasteiger partial charge is 1.00 e. The first-order chi connectivity index (χ1) is 2.45. The monoisotopic (exact) mass is 258 g/mol. The second-order valence-electron chi connectivity index (χ2n) is 1.24. The zero-order chi connectivity index (χ0) is 6.41. The van der Waals surface area contributed by atoms with Crippen molar-refractivity contribution in [3.8, 4) is 0 Å². The van der Waals surface area contributed by atoms with Crippen LogP contribution in [-0.4, -0.2) is 13.7 Å². The van der Waals surface area contributed by atoms with E-state index in [0.717, 1.165) is 0 Å². The predicted octanol–water partition coefficient (Wildman–Crippen LogP) is -6.85. The van der Waals surface area contributed by atoms with Gasteiger partial charge in [0, 0.05) is 0 Å². The van der Waals surface area contributed by atoms with Crippen LogP contribution in [0.5, 0.6) is 0 Å². The van der Waals surface area contributed by atoms with Crippen molar-refractivity contribution in [2.24, 2.45) is 0 Å². The van der Waals surface area contributed by atoms with Gasteiger partial charge in [-0.15, -0.1) is 0 Å². The van der Waals surface area contributed by atoms with Gasteiger partial charge in [-0.3, -0.25) is 0 Å². The molecule has 0 amide bonds. The quantitative estimate of drug-likeness (QED) is 0.299. The molecule has 0 aromatic rings. The first-order valence-corrected chi connectivity index (χ1v) is 3.93. The number of hydrogen-bond donors (Lipinski definition) is 0. The van der Waals surface area contributed by atoms with E-state index in [1.165, 1.54) is 0 Å². The van der Waals surface area contributed by atoms with Crippen molar-refractivity contribution in [1.29, 1.82) is 0 Å². The molecular formula is AlF6K3. The Morgan fingerprint density at radius 3 is 0.500 bits per heavy atom. The molecule has 0 aromatic heterocycles. The first-order valence-electron chi connectivity index (χ1n) is 1.31. The molecule has 0 rings (SSSR count). The molecule has 0 saturated heterocycles. The average molecular weight is 258 g/mol. The Bertz CT molecular complexity index is 71.6. The summed E-state index contributed by atoms with van der Waals surface area (Å²) in [6, 6.07) is 0. The van der Waals surface area contributed by atoms with E-state index in [-0.39, 0.29) is 154 Å². The fourth-order valence-electron chi connectivity index (χ4n) is 0. The summed E-state index contributed by atoms with van der Waals surface area (Å²) in [5, 5.41) is 0. The van der Waals surface area contributed by atoms with Crippen molar-refractivity contribution >= 4 is 13.7 Å². The van der Waals surface area contributed by atoms with E-state index in [4.69, 9.17) is 0 Å². The van der Waals surface area contributed by atoms with Gasteiger partial charge in [-0.25, -0.2) is 0 Å². The van der Waals surface area contributed by atoms with Gasteiger partial charge in [0.15, 0.2) is 0 Å². The van der Waals surface area contributed by atoms with E-state index in [1.807, 2.05) is 0 Å². The fraction of sp³-hybridized carbons (Fsp3) is 0. The van der Waals surface area contributed by atoms with E-state index >= 15 is 0 Å². The van der Waals surface area contributed by atoms with Crippen LogP contribution in [0, 0.1) is 0 Å². The van der Waals surface area contributed by atoms with Crippen LogP contribution in [0.2, 0.25) is 0 Å². The van der Waals surface area contributed by atoms with Crippen LogP contribution in [0.4, 0.5) is 21.1 Å². The first kappa shape index (κ1) is 24.3. The minimum Gasteiger partial charge on any atom is 1.00 e. The second kappa shape index (κ2) is 5.93. The molecule has 0 bridgehead atoms. The Kier molecular flexibility index (Phi) is 14.4. The van der Waals surface area contributed by atoms with Gasteiger partial charge in [-0.05, 0) is 0 Å². The average Bonchev–Trinajstić information content (AvgIpc) is 0.592. The summed E-state index contributed by atoms with van der Waals surface area (Å²) in [5.41, 5.74) is 0. The van der Waals surface area contributed by atoms with E-state index < -0.39 is 13.7 Å². The molecule has 0 aliphatic rings. The molecule has 10 heteroatoms. The summed E-state index contributed by atoms with van der Waals surface area (Å²) in [7, 11) is 0. The molecule has 0 unspecified atom stereocenters. The Morgan fingerprint density at radius 1 is 0.500 bits per heavy atom. The van der Waals surface area contributed by atoms with Crippen LogP contribution in [0.25, 0.3) is 0 Å². The molecule has 0 radical (unpaired) electrons. The SMILES string of the molecule is [F][Al-3]([F])([F])([F])([F])[F].[K+].[K+].[K+]. The summed E-state index contributed by atoms with van der Waals surface area (Å²) in [6.07, 6.45) is 0. The molecule has 0 spiro atoms. The van der Waals surface area contributed by atoms with Gasteiger partial charge in [0.05, 0.1) is 0 Å². The molecule has 0 aliphatic carbocycles.